The third kappa shape index (κ3) is 2.46. The molecule has 1 aromatic heterocycles. The number of carbonyl (C=O) groups is 3. The van der Waals surface area contributed by atoms with Gasteiger partial charge in [-0.1, -0.05) is 12.8 Å². The normalized spacial score (nSPS) is 19.7. The Hall–Kier alpha value is -2.37. The quantitative estimate of drug-likeness (QED) is 0.619. The first-order valence-electron chi connectivity index (χ1n) is 8.33. The van der Waals surface area contributed by atoms with Gasteiger partial charge < -0.3 is 4.57 Å². The van der Waals surface area contributed by atoms with Crippen molar-refractivity contribution in [3.05, 3.63) is 28.6 Å². The fraction of sp³-hybridized carbons (Fsp3) is 0.500. The molecule has 2 aliphatic rings. The van der Waals surface area contributed by atoms with Gasteiger partial charge in [-0.15, -0.1) is 0 Å². The second-order valence-corrected chi connectivity index (χ2v) is 6.70. The molecule has 0 bridgehead atoms. The van der Waals surface area contributed by atoms with E-state index in [-0.39, 0.29) is 5.57 Å². The number of barbiturate groups is 1. The summed E-state index contributed by atoms with van der Waals surface area (Å²) >= 11 is 0. The zero-order chi connectivity index (χ0) is 17.6. The summed E-state index contributed by atoms with van der Waals surface area (Å²) in [4.78, 5) is 38.4. The van der Waals surface area contributed by atoms with Crippen LogP contribution < -0.4 is 0 Å². The number of aryl methyl sites for hydroxylation is 1. The molecule has 0 atom stereocenters. The second-order valence-electron chi connectivity index (χ2n) is 6.70. The van der Waals surface area contributed by atoms with E-state index in [0.29, 0.717) is 6.04 Å². The van der Waals surface area contributed by atoms with Crippen molar-refractivity contribution in [2.24, 2.45) is 0 Å². The topological polar surface area (TPSA) is 62.6 Å². The number of amides is 4. The van der Waals surface area contributed by atoms with Crippen molar-refractivity contribution >= 4 is 23.9 Å². The van der Waals surface area contributed by atoms with E-state index >= 15 is 0 Å². The lowest BCUT2D eigenvalue weighted by Gasteiger charge is -2.28. The van der Waals surface area contributed by atoms with Crippen LogP contribution in [0.4, 0.5) is 4.79 Å². The van der Waals surface area contributed by atoms with E-state index in [0.717, 1.165) is 26.8 Å². The number of carbonyl (C=O) groups excluding carboxylic acids is 3. The van der Waals surface area contributed by atoms with Crippen LogP contribution >= 0.6 is 0 Å². The van der Waals surface area contributed by atoms with Crippen LogP contribution in [-0.2, 0) is 9.59 Å². The van der Waals surface area contributed by atoms with E-state index in [1.165, 1.54) is 39.8 Å². The highest BCUT2D eigenvalue weighted by molar-refractivity contribution is 6.30. The highest BCUT2D eigenvalue weighted by Crippen LogP contribution is 2.34. The lowest BCUT2D eigenvalue weighted by molar-refractivity contribution is -0.134. The highest BCUT2D eigenvalue weighted by atomic mass is 16.2. The van der Waals surface area contributed by atoms with Crippen molar-refractivity contribution in [2.75, 3.05) is 14.1 Å². The molecule has 0 aromatic carbocycles. The zero-order valence-corrected chi connectivity index (χ0v) is 14.6. The lowest BCUT2D eigenvalue weighted by atomic mass is 10.1. The largest absolute Gasteiger partial charge is 0.346 e. The fourth-order valence-corrected chi connectivity index (χ4v) is 3.80. The molecule has 0 N–H and O–H groups in total. The maximum absolute atomic E-state index is 12.3. The lowest BCUT2D eigenvalue weighted by Crippen LogP contribution is -2.52. The maximum atomic E-state index is 12.3. The van der Waals surface area contributed by atoms with Crippen molar-refractivity contribution in [1.29, 1.82) is 0 Å². The van der Waals surface area contributed by atoms with E-state index < -0.39 is 17.8 Å². The van der Waals surface area contributed by atoms with Gasteiger partial charge in [-0.2, -0.15) is 0 Å². The van der Waals surface area contributed by atoms with Gasteiger partial charge in [0.05, 0.1) is 0 Å². The summed E-state index contributed by atoms with van der Waals surface area (Å²) in [5, 5.41) is 0. The summed E-state index contributed by atoms with van der Waals surface area (Å²) in [7, 11) is 2.78. The predicted octanol–water partition coefficient (Wildman–Crippen LogP) is 2.65. The number of hydrogen-bond acceptors (Lipinski definition) is 3. The molecule has 2 heterocycles. The average molecular weight is 329 g/mol. The summed E-state index contributed by atoms with van der Waals surface area (Å²) in [5.74, 6) is -1.09. The molecule has 0 unspecified atom stereocenters. The first-order chi connectivity index (χ1) is 11.3. The van der Waals surface area contributed by atoms with Crippen LogP contribution in [0, 0.1) is 13.8 Å². The number of imide groups is 2. The molecule has 2 fully saturated rings. The van der Waals surface area contributed by atoms with Crippen LogP contribution in [0.3, 0.4) is 0 Å². The first kappa shape index (κ1) is 16.5. The number of likely N-dealkylation sites (N-methyl/N-ethyl adjacent to an activating group) is 2. The molecule has 0 radical (unpaired) electrons. The molecule has 1 saturated carbocycles. The number of rotatable bonds is 2. The summed E-state index contributed by atoms with van der Waals surface area (Å²) in [6.45, 7) is 4.08. The maximum Gasteiger partial charge on any atom is 0.333 e. The minimum atomic E-state index is -0.599. The Morgan fingerprint density at radius 3 is 2.08 bits per heavy atom. The fourth-order valence-electron chi connectivity index (χ4n) is 3.80. The van der Waals surface area contributed by atoms with Gasteiger partial charge in [0.25, 0.3) is 11.8 Å². The van der Waals surface area contributed by atoms with Crippen LogP contribution in [0.25, 0.3) is 6.08 Å². The molecule has 24 heavy (non-hydrogen) atoms. The molecule has 128 valence electrons. The van der Waals surface area contributed by atoms with Gasteiger partial charge >= 0.3 is 6.03 Å². The third-order valence-electron chi connectivity index (χ3n) is 5.16. The summed E-state index contributed by atoms with van der Waals surface area (Å²) < 4.78 is 2.32. The molecule has 1 aliphatic heterocycles. The Balaban J connectivity index is 2.02. The van der Waals surface area contributed by atoms with Crippen LogP contribution in [0.15, 0.2) is 11.6 Å². The van der Waals surface area contributed by atoms with Crippen molar-refractivity contribution < 1.29 is 14.4 Å². The predicted molar refractivity (Wildman–Crippen MR) is 90.3 cm³/mol. The van der Waals surface area contributed by atoms with E-state index in [4.69, 9.17) is 0 Å². The zero-order valence-electron chi connectivity index (χ0n) is 14.6. The van der Waals surface area contributed by atoms with E-state index in [2.05, 4.69) is 11.5 Å². The molecule has 4 amide bonds. The molecule has 0 spiro atoms. The van der Waals surface area contributed by atoms with Gasteiger partial charge in [0.15, 0.2) is 0 Å². The smallest absolute Gasteiger partial charge is 0.333 e. The Morgan fingerprint density at radius 1 is 1.00 bits per heavy atom. The Bertz CT molecular complexity index is 728. The van der Waals surface area contributed by atoms with Crippen molar-refractivity contribution in [3.8, 4) is 0 Å². The van der Waals surface area contributed by atoms with E-state index in [1.807, 2.05) is 13.0 Å². The summed E-state index contributed by atoms with van der Waals surface area (Å²) in [6, 6.07) is 1.91. The third-order valence-corrected chi connectivity index (χ3v) is 5.16. The van der Waals surface area contributed by atoms with Crippen LogP contribution in [0.1, 0.15) is 48.7 Å². The van der Waals surface area contributed by atoms with Gasteiger partial charge in [0.1, 0.15) is 5.57 Å². The van der Waals surface area contributed by atoms with Gasteiger partial charge in [-0.25, -0.2) is 4.79 Å². The van der Waals surface area contributed by atoms with Crippen molar-refractivity contribution in [2.45, 2.75) is 45.6 Å². The van der Waals surface area contributed by atoms with Crippen LogP contribution in [-0.4, -0.2) is 46.3 Å². The average Bonchev–Trinajstić information content (AvgIpc) is 3.16. The van der Waals surface area contributed by atoms with Crippen LogP contribution in [0.5, 0.6) is 0 Å². The number of urea groups is 1. The Labute approximate surface area is 141 Å². The molecular formula is C18H23N3O3. The van der Waals surface area contributed by atoms with Gasteiger partial charge in [0, 0.05) is 31.5 Å². The van der Waals surface area contributed by atoms with Gasteiger partial charge in [-0.05, 0) is 44.4 Å². The minimum absolute atomic E-state index is 0.0336. The Morgan fingerprint density at radius 2 is 1.54 bits per heavy atom. The van der Waals surface area contributed by atoms with Crippen LogP contribution in [0.2, 0.25) is 0 Å². The number of nitrogens with zero attached hydrogens (tertiary/aromatic N) is 3. The van der Waals surface area contributed by atoms with Crippen molar-refractivity contribution in [1.82, 2.24) is 14.4 Å². The second kappa shape index (κ2) is 5.92. The Kier molecular flexibility index (Phi) is 4.07. The summed E-state index contributed by atoms with van der Waals surface area (Å²) in [6.07, 6.45) is 6.45. The first-order valence-corrected chi connectivity index (χ1v) is 8.33. The molecule has 1 aromatic rings. The molecule has 6 nitrogen and oxygen atoms in total. The number of hydrogen-bond donors (Lipinski definition) is 0. The molecule has 1 saturated heterocycles. The monoisotopic (exact) mass is 329 g/mol. The SMILES string of the molecule is Cc1cc(C=C2C(=O)N(C)C(=O)N(C)C2=O)c(C)n1C1CCCC1. The van der Waals surface area contributed by atoms with Crippen molar-refractivity contribution in [3.63, 3.8) is 0 Å². The number of aromatic nitrogens is 1. The molecule has 1 aliphatic carbocycles. The van der Waals surface area contributed by atoms with Gasteiger partial charge in [0.2, 0.25) is 0 Å². The highest BCUT2D eigenvalue weighted by Gasteiger charge is 2.38. The minimum Gasteiger partial charge on any atom is -0.346 e. The van der Waals surface area contributed by atoms with E-state index in [9.17, 15) is 14.4 Å². The molecule has 6 heteroatoms. The summed E-state index contributed by atoms with van der Waals surface area (Å²) in [5.41, 5.74) is 3.10. The standard InChI is InChI=1S/C18H23N3O3/c1-11-9-13(12(2)21(11)14-7-5-6-8-14)10-15-16(22)19(3)18(24)20(4)17(15)23/h9-10,14H,5-8H2,1-4H3. The molecular weight excluding hydrogens is 306 g/mol. The van der Waals surface area contributed by atoms with Gasteiger partial charge in [-0.3, -0.25) is 19.4 Å². The van der Waals surface area contributed by atoms with E-state index in [1.54, 1.807) is 6.08 Å². The molecule has 3 rings (SSSR count).